The molecule has 0 unspecified atom stereocenters. The summed E-state index contributed by atoms with van der Waals surface area (Å²) >= 11 is 6.39. The number of benzene rings is 3. The fraction of sp³-hybridized carbons (Fsp3) is 0.294. The summed E-state index contributed by atoms with van der Waals surface area (Å²) < 4.78 is 35.8. The molecule has 0 spiro atoms. The Hall–Kier alpha value is -4.41. The number of aliphatic imine (C=N–C) groups is 1. The van der Waals surface area contributed by atoms with Crippen LogP contribution < -0.4 is 15.4 Å². The molecule has 8 nitrogen and oxygen atoms in total. The van der Waals surface area contributed by atoms with Crippen LogP contribution in [-0.4, -0.2) is 59.3 Å². The third-order valence-corrected chi connectivity index (χ3v) is 8.64. The van der Waals surface area contributed by atoms with Crippen molar-refractivity contribution in [3.05, 3.63) is 99.7 Å². The number of piperidine rings is 1. The van der Waals surface area contributed by atoms with Crippen molar-refractivity contribution in [1.29, 1.82) is 0 Å². The van der Waals surface area contributed by atoms with Gasteiger partial charge in [-0.15, -0.1) is 0 Å². The molecular weight excluding hydrogens is 598 g/mol. The number of nitrogens with zero attached hydrogens (tertiary/aromatic N) is 4. The summed E-state index contributed by atoms with van der Waals surface area (Å²) in [6.07, 6.45) is 3.22. The first-order chi connectivity index (χ1) is 21.2. The lowest BCUT2D eigenvalue weighted by atomic mass is 9.89. The van der Waals surface area contributed by atoms with Crippen LogP contribution in [-0.2, 0) is 6.54 Å². The lowest BCUT2D eigenvalue weighted by Gasteiger charge is -2.39. The topological polar surface area (TPSA) is 91.7 Å². The number of likely N-dealkylation sites (tertiary alicyclic amines) is 1. The maximum atomic E-state index is 15.2. The normalized spacial score (nSPS) is 15.2. The van der Waals surface area contributed by atoms with Gasteiger partial charge in [-0.25, -0.2) is 18.7 Å². The van der Waals surface area contributed by atoms with Gasteiger partial charge >= 0.3 is 0 Å². The van der Waals surface area contributed by atoms with E-state index in [0.29, 0.717) is 57.6 Å². The van der Waals surface area contributed by atoms with E-state index < -0.39 is 11.6 Å². The Morgan fingerprint density at radius 2 is 1.82 bits per heavy atom. The Morgan fingerprint density at radius 3 is 2.53 bits per heavy atom. The number of fused-ring (bicyclic) bond motifs is 3. The van der Waals surface area contributed by atoms with Crippen LogP contribution in [0, 0.1) is 11.6 Å². The van der Waals surface area contributed by atoms with E-state index in [1.165, 1.54) is 25.3 Å². The molecule has 234 valence electrons. The molecule has 1 aromatic heterocycles. The van der Waals surface area contributed by atoms with Gasteiger partial charge in [-0.05, 0) is 69.3 Å². The molecule has 2 aliphatic heterocycles. The number of methoxy groups -OCH3 is 1. The highest BCUT2D eigenvalue weighted by atomic mass is 35.5. The lowest BCUT2D eigenvalue weighted by molar-refractivity contribution is 0.0657. The SMILES string of the molecule is C.CNC1(C)CCN(C(=O)c2ccc(Nc3ncc4c(n3)-c3ccc(Cl)cc3C(c3c(F)cccc3OC)=NC4)cc2F)CC1. The number of amides is 1. The van der Waals surface area contributed by atoms with Gasteiger partial charge in [-0.2, -0.15) is 0 Å². The number of ether oxygens (including phenoxy) is 1. The molecule has 0 saturated carbocycles. The smallest absolute Gasteiger partial charge is 0.256 e. The average molecular weight is 633 g/mol. The van der Waals surface area contributed by atoms with Gasteiger partial charge in [0, 0.05) is 52.2 Å². The van der Waals surface area contributed by atoms with E-state index in [0.717, 1.165) is 12.8 Å². The number of carbonyl (C=O) groups is 1. The van der Waals surface area contributed by atoms with E-state index in [9.17, 15) is 4.79 Å². The fourth-order valence-electron chi connectivity index (χ4n) is 5.62. The van der Waals surface area contributed by atoms with Crippen LogP contribution >= 0.6 is 11.6 Å². The molecule has 45 heavy (non-hydrogen) atoms. The third kappa shape index (κ3) is 6.25. The molecule has 2 N–H and O–H groups in total. The molecular formula is C34H35ClF2N6O2. The number of rotatable bonds is 6. The second-order valence-corrected chi connectivity index (χ2v) is 11.6. The van der Waals surface area contributed by atoms with Crippen LogP contribution in [0.2, 0.25) is 5.02 Å². The molecule has 6 rings (SSSR count). The summed E-state index contributed by atoms with van der Waals surface area (Å²) in [6.45, 7) is 3.42. The Labute approximate surface area is 266 Å². The average Bonchev–Trinajstić information content (AvgIpc) is 3.17. The predicted molar refractivity (Wildman–Crippen MR) is 174 cm³/mol. The molecule has 0 bridgehead atoms. The largest absolute Gasteiger partial charge is 0.496 e. The zero-order valence-corrected chi connectivity index (χ0v) is 25.3. The van der Waals surface area contributed by atoms with Crippen LogP contribution in [0.5, 0.6) is 5.75 Å². The highest BCUT2D eigenvalue weighted by molar-refractivity contribution is 6.31. The number of carbonyl (C=O) groups excluding carboxylic acids is 1. The molecule has 1 amide bonds. The van der Waals surface area contributed by atoms with Crippen LogP contribution in [0.15, 0.2) is 65.8 Å². The van der Waals surface area contributed by atoms with Gasteiger partial charge in [0.25, 0.3) is 5.91 Å². The van der Waals surface area contributed by atoms with Gasteiger partial charge in [0.05, 0.1) is 36.2 Å². The number of anilines is 2. The van der Waals surface area contributed by atoms with E-state index in [-0.39, 0.29) is 42.5 Å². The molecule has 0 radical (unpaired) electrons. The van der Waals surface area contributed by atoms with E-state index in [1.807, 2.05) is 7.05 Å². The lowest BCUT2D eigenvalue weighted by Crippen LogP contribution is -2.51. The van der Waals surface area contributed by atoms with Gasteiger partial charge in [0.1, 0.15) is 17.4 Å². The quantitative estimate of drug-likeness (QED) is 0.237. The molecule has 3 heterocycles. The molecule has 4 aromatic rings. The molecule has 3 aromatic carbocycles. The monoisotopic (exact) mass is 632 g/mol. The Bertz CT molecular complexity index is 1790. The molecule has 0 aliphatic carbocycles. The second-order valence-electron chi connectivity index (χ2n) is 11.2. The van der Waals surface area contributed by atoms with E-state index in [2.05, 4.69) is 22.5 Å². The van der Waals surface area contributed by atoms with Crippen LogP contribution in [0.25, 0.3) is 11.3 Å². The first-order valence-electron chi connectivity index (χ1n) is 14.3. The minimum Gasteiger partial charge on any atom is -0.496 e. The molecule has 11 heteroatoms. The maximum absolute atomic E-state index is 15.2. The van der Waals surface area contributed by atoms with Gasteiger partial charge in [0.15, 0.2) is 0 Å². The van der Waals surface area contributed by atoms with Gasteiger partial charge in [0.2, 0.25) is 5.95 Å². The zero-order chi connectivity index (χ0) is 31.0. The van der Waals surface area contributed by atoms with Gasteiger partial charge in [-0.1, -0.05) is 31.2 Å². The van der Waals surface area contributed by atoms with Crippen molar-refractivity contribution in [2.45, 2.75) is 39.3 Å². The van der Waals surface area contributed by atoms with Crippen LogP contribution in [0.1, 0.15) is 54.2 Å². The minimum atomic E-state index is -0.631. The number of hydrogen-bond donors (Lipinski definition) is 2. The zero-order valence-electron chi connectivity index (χ0n) is 24.5. The Morgan fingerprint density at radius 1 is 1.04 bits per heavy atom. The highest BCUT2D eigenvalue weighted by Gasteiger charge is 2.31. The van der Waals surface area contributed by atoms with Gasteiger partial charge in [-0.3, -0.25) is 9.79 Å². The van der Waals surface area contributed by atoms with Crippen LogP contribution in [0.3, 0.4) is 0 Å². The molecule has 2 aliphatic rings. The summed E-state index contributed by atoms with van der Waals surface area (Å²) in [6, 6.07) is 14.2. The molecule has 0 atom stereocenters. The van der Waals surface area contributed by atoms with E-state index >= 15 is 8.78 Å². The van der Waals surface area contributed by atoms with Crippen molar-refractivity contribution >= 4 is 34.9 Å². The van der Waals surface area contributed by atoms with Crippen LogP contribution in [0.4, 0.5) is 20.4 Å². The molecule has 1 fully saturated rings. The van der Waals surface area contributed by atoms with Crippen molar-refractivity contribution in [2.75, 3.05) is 32.6 Å². The summed E-state index contributed by atoms with van der Waals surface area (Å²) in [5.41, 5.74) is 3.55. The fourth-order valence-corrected chi connectivity index (χ4v) is 5.79. The van der Waals surface area contributed by atoms with E-state index in [4.69, 9.17) is 26.3 Å². The minimum absolute atomic E-state index is 0. The van der Waals surface area contributed by atoms with Crippen molar-refractivity contribution in [1.82, 2.24) is 20.2 Å². The maximum Gasteiger partial charge on any atom is 0.256 e. The summed E-state index contributed by atoms with van der Waals surface area (Å²) in [7, 11) is 3.39. The first kappa shape index (κ1) is 32.0. The summed E-state index contributed by atoms with van der Waals surface area (Å²) in [5, 5.41) is 6.81. The number of hydrogen-bond acceptors (Lipinski definition) is 7. The summed E-state index contributed by atoms with van der Waals surface area (Å²) in [4.78, 5) is 28.7. The second kappa shape index (κ2) is 12.9. The van der Waals surface area contributed by atoms with Gasteiger partial charge < -0.3 is 20.3 Å². The van der Waals surface area contributed by atoms with E-state index in [1.54, 1.807) is 47.5 Å². The van der Waals surface area contributed by atoms with Crippen molar-refractivity contribution in [3.8, 4) is 17.0 Å². The third-order valence-electron chi connectivity index (χ3n) is 8.41. The standard InChI is InChI=1S/C33H31ClF2N6O2.CH4/c1-33(37-2)11-13-42(14-12-33)31(43)23-10-8-21(16-26(23)36)40-32-39-18-19-17-38-30(28-25(35)5-4-6-27(28)44-3)24-15-20(34)7-9-22(24)29(19)41-32;/h4-10,15-16,18,37H,11-14,17H2,1-3H3,(H,39,40,41);1H4. The first-order valence-corrected chi connectivity index (χ1v) is 14.7. The Balaban J connectivity index is 0.00000400. The molecule has 1 saturated heterocycles. The summed E-state index contributed by atoms with van der Waals surface area (Å²) in [5.74, 6) is -0.874. The predicted octanol–water partition coefficient (Wildman–Crippen LogP) is 7.03. The highest BCUT2D eigenvalue weighted by Crippen LogP contribution is 2.36. The van der Waals surface area contributed by atoms with Crippen molar-refractivity contribution in [3.63, 3.8) is 0 Å². The Kier molecular flexibility index (Phi) is 9.18. The van der Waals surface area contributed by atoms with Crippen molar-refractivity contribution in [2.24, 2.45) is 4.99 Å². The number of halogens is 3. The number of nitrogens with one attached hydrogen (secondary N) is 2. The van der Waals surface area contributed by atoms with Crippen molar-refractivity contribution < 1.29 is 18.3 Å². The number of aromatic nitrogens is 2.